The van der Waals surface area contributed by atoms with Gasteiger partial charge in [0.15, 0.2) is 17.3 Å². The fourth-order valence-corrected chi connectivity index (χ4v) is 4.04. The molecule has 3 aromatic rings. The minimum absolute atomic E-state index is 0.0864. The van der Waals surface area contributed by atoms with E-state index in [4.69, 9.17) is 28.1 Å². The molecule has 13 nitrogen and oxygen atoms in total. The van der Waals surface area contributed by atoms with Crippen molar-refractivity contribution in [3.8, 4) is 45.8 Å². The molecule has 5 atom stereocenters. The quantitative estimate of drug-likeness (QED) is 0.244. The van der Waals surface area contributed by atoms with Crippen LogP contribution in [0.3, 0.4) is 0 Å². The lowest BCUT2D eigenvalue weighted by Crippen LogP contribution is -2.60. The normalized spacial score (nSPS) is 23.6. The van der Waals surface area contributed by atoms with Crippen molar-refractivity contribution in [2.24, 2.45) is 0 Å². The van der Waals surface area contributed by atoms with Gasteiger partial charge >= 0.3 is 0 Å². The first-order valence-corrected chi connectivity index (χ1v) is 11.0. The summed E-state index contributed by atoms with van der Waals surface area (Å²) in [7, 11) is 3.81. The van der Waals surface area contributed by atoms with Gasteiger partial charge in [-0.15, -0.1) is 0 Å². The molecule has 200 valence electrons. The van der Waals surface area contributed by atoms with Gasteiger partial charge in [-0.3, -0.25) is 4.79 Å². The molecule has 6 N–H and O–H groups in total. The topological polar surface area (TPSA) is 198 Å². The Morgan fingerprint density at radius 2 is 1.62 bits per heavy atom. The number of hydrogen-bond donors (Lipinski definition) is 6. The molecule has 0 radical (unpaired) electrons. The molecule has 1 aromatic heterocycles. The molecule has 0 saturated carbocycles. The lowest BCUT2D eigenvalue weighted by Gasteiger charge is -2.39. The van der Waals surface area contributed by atoms with Crippen LogP contribution < -0.4 is 24.4 Å². The van der Waals surface area contributed by atoms with Crippen LogP contribution in [0.2, 0.25) is 0 Å². The summed E-state index contributed by atoms with van der Waals surface area (Å²) < 4.78 is 32.4. The Morgan fingerprint density at radius 1 is 0.919 bits per heavy atom. The van der Waals surface area contributed by atoms with Gasteiger partial charge in [0, 0.05) is 12.1 Å². The number of methoxy groups -OCH3 is 3. The maximum Gasteiger partial charge on any atom is 0.239 e. The van der Waals surface area contributed by atoms with Gasteiger partial charge < -0.3 is 58.7 Å². The van der Waals surface area contributed by atoms with Crippen molar-refractivity contribution in [3.05, 3.63) is 34.5 Å². The Kier molecular flexibility index (Phi) is 7.34. The zero-order chi connectivity index (χ0) is 27.0. The van der Waals surface area contributed by atoms with Gasteiger partial charge in [-0.25, -0.2) is 0 Å². The number of fused-ring (bicyclic) bond motifs is 1. The lowest BCUT2D eigenvalue weighted by atomic mass is 9.99. The molecular weight excluding hydrogens is 496 g/mol. The van der Waals surface area contributed by atoms with Crippen LogP contribution in [0, 0.1) is 0 Å². The lowest BCUT2D eigenvalue weighted by molar-refractivity contribution is -0.277. The van der Waals surface area contributed by atoms with Crippen LogP contribution in [0.5, 0.6) is 34.5 Å². The molecule has 0 amide bonds. The summed E-state index contributed by atoms with van der Waals surface area (Å²) in [5.41, 5.74) is -0.915. The SMILES string of the molecule is COc1ccc(-c2oc3cc(O[C@@H]4O[C@H](CO)[C@@H](O)[C@H](O)[C@H]4O)c(OC)c(O)c3c(=O)c2OC)c(O)c1. The van der Waals surface area contributed by atoms with E-state index in [1.54, 1.807) is 0 Å². The molecule has 2 heterocycles. The molecule has 1 fully saturated rings. The third kappa shape index (κ3) is 4.47. The van der Waals surface area contributed by atoms with Crippen molar-refractivity contribution < 1.29 is 58.7 Å². The van der Waals surface area contributed by atoms with E-state index in [0.29, 0.717) is 5.75 Å². The molecule has 1 aliphatic rings. The van der Waals surface area contributed by atoms with Gasteiger partial charge in [0.05, 0.1) is 33.5 Å². The Balaban J connectivity index is 1.88. The van der Waals surface area contributed by atoms with Crippen LogP contribution in [0.4, 0.5) is 0 Å². The number of ether oxygens (including phenoxy) is 5. The Hall–Kier alpha value is -3.75. The molecule has 1 saturated heterocycles. The maximum atomic E-state index is 13.3. The largest absolute Gasteiger partial charge is 0.507 e. The fraction of sp³-hybridized carbons (Fsp3) is 0.375. The first kappa shape index (κ1) is 26.3. The predicted octanol–water partition coefficient (Wildman–Crippen LogP) is 0.0757. The number of hydrogen-bond acceptors (Lipinski definition) is 13. The third-order valence-electron chi connectivity index (χ3n) is 5.99. The maximum absolute atomic E-state index is 13.3. The second kappa shape index (κ2) is 10.3. The van der Waals surface area contributed by atoms with Crippen LogP contribution in [0.1, 0.15) is 0 Å². The van der Waals surface area contributed by atoms with Crippen LogP contribution in [-0.4, -0.2) is 89.3 Å². The number of aliphatic hydroxyl groups is 4. The molecule has 1 aliphatic heterocycles. The molecular formula is C24H26O13. The molecule has 0 bridgehead atoms. The highest BCUT2D eigenvalue weighted by molar-refractivity contribution is 5.91. The number of aliphatic hydroxyl groups excluding tert-OH is 4. The average Bonchev–Trinajstić information content (AvgIpc) is 2.88. The molecule has 4 rings (SSSR count). The van der Waals surface area contributed by atoms with Crippen molar-refractivity contribution in [2.45, 2.75) is 30.7 Å². The zero-order valence-corrected chi connectivity index (χ0v) is 19.9. The van der Waals surface area contributed by atoms with Crippen LogP contribution in [0.25, 0.3) is 22.3 Å². The smallest absolute Gasteiger partial charge is 0.239 e. The second-order valence-electron chi connectivity index (χ2n) is 8.12. The number of benzene rings is 2. The van der Waals surface area contributed by atoms with Crippen LogP contribution in [-0.2, 0) is 4.74 Å². The standard InChI is InChI=1S/C24H26O13/c1-32-9-4-5-10(11(26)6-9)21-23(34-3)18(29)15-12(35-21)7-13(22(33-2)17(15)28)36-24-20(31)19(30)16(27)14(8-25)37-24/h4-7,14,16,19-20,24-28,30-31H,8H2,1-3H3/t14-,16-,19+,20-,24-/m1/s1. The van der Waals surface area contributed by atoms with Crippen molar-refractivity contribution in [1.82, 2.24) is 0 Å². The Morgan fingerprint density at radius 3 is 2.22 bits per heavy atom. The van der Waals surface area contributed by atoms with Crippen LogP contribution >= 0.6 is 0 Å². The van der Waals surface area contributed by atoms with E-state index in [-0.39, 0.29) is 45.3 Å². The van der Waals surface area contributed by atoms with E-state index in [0.717, 1.165) is 0 Å². The summed E-state index contributed by atoms with van der Waals surface area (Å²) in [6.07, 6.45) is -7.96. The first-order valence-electron chi connectivity index (χ1n) is 11.0. The minimum Gasteiger partial charge on any atom is -0.507 e. The van der Waals surface area contributed by atoms with Gasteiger partial charge in [-0.05, 0) is 12.1 Å². The highest BCUT2D eigenvalue weighted by atomic mass is 16.7. The van der Waals surface area contributed by atoms with Gasteiger partial charge in [-0.2, -0.15) is 0 Å². The highest BCUT2D eigenvalue weighted by Gasteiger charge is 2.45. The van der Waals surface area contributed by atoms with E-state index in [2.05, 4.69) is 0 Å². The molecule has 0 aliphatic carbocycles. The first-order chi connectivity index (χ1) is 17.7. The summed E-state index contributed by atoms with van der Waals surface area (Å²) >= 11 is 0. The Bertz CT molecular complexity index is 1350. The third-order valence-corrected chi connectivity index (χ3v) is 5.99. The van der Waals surface area contributed by atoms with Crippen molar-refractivity contribution in [1.29, 1.82) is 0 Å². The van der Waals surface area contributed by atoms with Gasteiger partial charge in [0.25, 0.3) is 0 Å². The molecule has 0 unspecified atom stereocenters. The monoisotopic (exact) mass is 522 g/mol. The summed E-state index contributed by atoms with van der Waals surface area (Å²) in [6.45, 7) is -0.686. The number of phenolic OH excluding ortho intramolecular Hbond substituents is 2. The number of rotatable bonds is 7. The summed E-state index contributed by atoms with van der Waals surface area (Å²) in [5.74, 6) is -1.70. The molecule has 2 aromatic carbocycles. The molecule has 37 heavy (non-hydrogen) atoms. The average molecular weight is 522 g/mol. The van der Waals surface area contributed by atoms with Gasteiger partial charge in [0.2, 0.25) is 23.2 Å². The minimum atomic E-state index is -1.75. The summed E-state index contributed by atoms with van der Waals surface area (Å²) in [4.78, 5) is 13.3. The number of phenols is 2. The molecule has 0 spiro atoms. The van der Waals surface area contributed by atoms with E-state index < -0.39 is 48.5 Å². The number of aromatic hydroxyl groups is 2. The van der Waals surface area contributed by atoms with Crippen molar-refractivity contribution >= 4 is 11.0 Å². The summed E-state index contributed by atoms with van der Waals surface area (Å²) in [6, 6.07) is 5.44. The zero-order valence-electron chi connectivity index (χ0n) is 19.9. The van der Waals surface area contributed by atoms with Gasteiger partial charge in [0.1, 0.15) is 46.9 Å². The van der Waals surface area contributed by atoms with E-state index in [1.165, 1.54) is 45.6 Å². The van der Waals surface area contributed by atoms with Crippen LogP contribution in [0.15, 0.2) is 33.5 Å². The summed E-state index contributed by atoms with van der Waals surface area (Å²) in [5, 5.41) is 60.9. The highest BCUT2D eigenvalue weighted by Crippen LogP contribution is 2.46. The van der Waals surface area contributed by atoms with Gasteiger partial charge in [-0.1, -0.05) is 0 Å². The molecule has 13 heteroatoms. The van der Waals surface area contributed by atoms with Crippen molar-refractivity contribution in [3.63, 3.8) is 0 Å². The van der Waals surface area contributed by atoms with E-state index in [9.17, 15) is 35.4 Å². The second-order valence-corrected chi connectivity index (χ2v) is 8.12. The fourth-order valence-electron chi connectivity index (χ4n) is 4.04. The predicted molar refractivity (Wildman–Crippen MR) is 125 cm³/mol. The van der Waals surface area contributed by atoms with E-state index in [1.807, 2.05) is 0 Å². The van der Waals surface area contributed by atoms with E-state index >= 15 is 0 Å². The Labute approximate surface area is 209 Å². The van der Waals surface area contributed by atoms with Crippen molar-refractivity contribution in [2.75, 3.05) is 27.9 Å².